The van der Waals surface area contributed by atoms with Crippen molar-refractivity contribution in [3.63, 3.8) is 0 Å². The van der Waals surface area contributed by atoms with E-state index in [0.29, 0.717) is 27.7 Å². The van der Waals surface area contributed by atoms with Gasteiger partial charge in [-0.3, -0.25) is 0 Å². The Bertz CT molecular complexity index is 915. The molecule has 0 amide bonds. The van der Waals surface area contributed by atoms with Gasteiger partial charge in [0.1, 0.15) is 5.75 Å². The summed E-state index contributed by atoms with van der Waals surface area (Å²) < 4.78 is 42.0. The van der Waals surface area contributed by atoms with Gasteiger partial charge in [-0.2, -0.15) is 13.2 Å². The van der Waals surface area contributed by atoms with E-state index in [9.17, 15) is 13.2 Å². The molecule has 3 rings (SSSR count). The van der Waals surface area contributed by atoms with Gasteiger partial charge in [0.05, 0.1) is 12.1 Å². The standard InChI is InChI=1S/C13H10ClN3O2.C2HF3O2/c1-18-10-5-4-8(7-9(10)14)16-13-12-11(19-17-13)3-2-6-15-12;3-2(4,5)1(6)7/h2-7H,1H3,(H,16,17);(H,6,7). The quantitative estimate of drug-likeness (QED) is 0.690. The van der Waals surface area contributed by atoms with E-state index in [1.165, 1.54) is 0 Å². The predicted octanol–water partition coefficient (Wildman–Crippen LogP) is 4.26. The van der Waals surface area contributed by atoms with E-state index >= 15 is 0 Å². The van der Waals surface area contributed by atoms with Crippen LogP contribution in [0.1, 0.15) is 0 Å². The molecule has 0 atom stereocenters. The molecule has 0 saturated heterocycles. The van der Waals surface area contributed by atoms with Gasteiger partial charge in [0.2, 0.25) is 0 Å². The molecule has 0 aliphatic heterocycles. The first kappa shape index (κ1) is 19.3. The molecule has 0 bridgehead atoms. The Hall–Kier alpha value is -3.01. The van der Waals surface area contributed by atoms with Crippen molar-refractivity contribution in [2.45, 2.75) is 6.18 Å². The number of aromatic nitrogens is 2. The minimum atomic E-state index is -5.08. The zero-order chi connectivity index (χ0) is 19.3. The van der Waals surface area contributed by atoms with Crippen molar-refractivity contribution in [3.8, 4) is 5.75 Å². The van der Waals surface area contributed by atoms with Gasteiger partial charge in [-0.15, -0.1) is 0 Å². The van der Waals surface area contributed by atoms with Crippen molar-refractivity contribution in [2.24, 2.45) is 0 Å². The Labute approximate surface area is 149 Å². The van der Waals surface area contributed by atoms with E-state index in [2.05, 4.69) is 15.5 Å². The molecule has 0 spiro atoms. The maximum atomic E-state index is 10.6. The average molecular weight is 390 g/mol. The molecule has 0 aliphatic carbocycles. The number of anilines is 2. The number of pyridine rings is 1. The molecule has 2 aromatic heterocycles. The predicted molar refractivity (Wildman–Crippen MR) is 86.8 cm³/mol. The van der Waals surface area contributed by atoms with Crippen LogP contribution in [0.5, 0.6) is 5.75 Å². The second-order valence-electron chi connectivity index (χ2n) is 4.66. The number of hydrogen-bond donors (Lipinski definition) is 2. The Morgan fingerprint density at radius 3 is 2.62 bits per heavy atom. The maximum Gasteiger partial charge on any atom is 0.490 e. The number of carboxylic acid groups (broad SMARTS) is 1. The number of ether oxygens (including phenoxy) is 1. The van der Waals surface area contributed by atoms with Crippen molar-refractivity contribution in [2.75, 3.05) is 12.4 Å². The van der Waals surface area contributed by atoms with E-state index in [1.54, 1.807) is 31.5 Å². The molecular weight excluding hydrogens is 379 g/mol. The molecule has 2 heterocycles. The van der Waals surface area contributed by atoms with E-state index < -0.39 is 12.1 Å². The molecule has 11 heteroatoms. The number of carbonyl (C=O) groups is 1. The van der Waals surface area contributed by atoms with Crippen molar-refractivity contribution in [1.82, 2.24) is 10.1 Å². The van der Waals surface area contributed by atoms with Gasteiger partial charge >= 0.3 is 12.1 Å². The third kappa shape index (κ3) is 4.76. The average Bonchev–Trinajstić information content (AvgIpc) is 2.98. The Kier molecular flexibility index (Phi) is 5.88. The number of aliphatic carboxylic acids is 1. The number of benzene rings is 1. The normalized spacial score (nSPS) is 10.8. The van der Waals surface area contributed by atoms with Crippen LogP contribution in [0.15, 0.2) is 41.1 Å². The summed E-state index contributed by atoms with van der Waals surface area (Å²) in [7, 11) is 1.57. The Morgan fingerprint density at radius 2 is 2.04 bits per heavy atom. The number of nitrogens with zero attached hydrogens (tertiary/aromatic N) is 2. The number of rotatable bonds is 3. The third-order valence-corrected chi connectivity index (χ3v) is 3.18. The second kappa shape index (κ2) is 7.91. The van der Waals surface area contributed by atoms with Crippen molar-refractivity contribution in [3.05, 3.63) is 41.6 Å². The summed E-state index contributed by atoms with van der Waals surface area (Å²) in [6.07, 6.45) is -3.40. The maximum absolute atomic E-state index is 10.6. The number of hydrogen-bond acceptors (Lipinski definition) is 6. The van der Waals surface area contributed by atoms with Gasteiger partial charge in [-0.05, 0) is 30.3 Å². The number of carboxylic acids is 1. The summed E-state index contributed by atoms with van der Waals surface area (Å²) in [6.45, 7) is 0. The molecule has 0 unspecified atom stereocenters. The molecule has 0 fully saturated rings. The number of nitrogens with one attached hydrogen (secondary N) is 1. The minimum absolute atomic E-state index is 0.522. The van der Waals surface area contributed by atoms with Crippen LogP contribution in [-0.4, -0.2) is 34.5 Å². The van der Waals surface area contributed by atoms with Crippen LogP contribution >= 0.6 is 11.6 Å². The van der Waals surface area contributed by atoms with Crippen LogP contribution in [0.25, 0.3) is 11.1 Å². The zero-order valence-electron chi connectivity index (χ0n) is 13.0. The third-order valence-electron chi connectivity index (χ3n) is 2.89. The van der Waals surface area contributed by atoms with Crippen LogP contribution < -0.4 is 10.1 Å². The highest BCUT2D eigenvalue weighted by atomic mass is 35.5. The molecule has 138 valence electrons. The highest BCUT2D eigenvalue weighted by Gasteiger charge is 2.38. The number of halogens is 4. The summed E-state index contributed by atoms with van der Waals surface area (Å²) in [5.74, 6) is -1.58. The molecule has 0 aliphatic rings. The van der Waals surface area contributed by atoms with E-state index in [1.807, 2.05) is 12.1 Å². The molecule has 3 aromatic rings. The van der Waals surface area contributed by atoms with E-state index in [0.717, 1.165) is 5.69 Å². The van der Waals surface area contributed by atoms with Crippen LogP contribution in [0.2, 0.25) is 5.02 Å². The number of fused-ring (bicyclic) bond motifs is 1. The number of alkyl halides is 3. The van der Waals surface area contributed by atoms with Gasteiger partial charge in [-0.1, -0.05) is 16.8 Å². The highest BCUT2D eigenvalue weighted by Crippen LogP contribution is 2.30. The van der Waals surface area contributed by atoms with Gasteiger partial charge in [0.15, 0.2) is 16.9 Å². The first-order valence-corrected chi connectivity index (χ1v) is 7.21. The second-order valence-corrected chi connectivity index (χ2v) is 5.07. The molecule has 2 N–H and O–H groups in total. The fraction of sp³-hybridized carbons (Fsp3) is 0.133. The van der Waals surface area contributed by atoms with E-state index in [4.69, 9.17) is 30.8 Å². The summed E-state index contributed by atoms with van der Waals surface area (Å²) in [5.41, 5.74) is 2.09. The van der Waals surface area contributed by atoms with Crippen molar-refractivity contribution in [1.29, 1.82) is 0 Å². The molecule has 1 aromatic carbocycles. The molecule has 0 saturated carbocycles. The Balaban J connectivity index is 0.000000298. The van der Waals surface area contributed by atoms with Gasteiger partial charge in [-0.25, -0.2) is 9.78 Å². The Morgan fingerprint density at radius 1 is 1.35 bits per heavy atom. The van der Waals surface area contributed by atoms with E-state index in [-0.39, 0.29) is 0 Å². The van der Waals surface area contributed by atoms with Gasteiger partial charge in [0.25, 0.3) is 0 Å². The molecule has 7 nitrogen and oxygen atoms in total. The van der Waals surface area contributed by atoms with Crippen LogP contribution in [0, 0.1) is 0 Å². The number of methoxy groups -OCH3 is 1. The van der Waals surface area contributed by atoms with Gasteiger partial charge in [0, 0.05) is 11.9 Å². The monoisotopic (exact) mass is 389 g/mol. The molecule has 26 heavy (non-hydrogen) atoms. The largest absolute Gasteiger partial charge is 0.495 e. The van der Waals surface area contributed by atoms with Crippen molar-refractivity contribution < 1.29 is 32.3 Å². The van der Waals surface area contributed by atoms with Gasteiger partial charge < -0.3 is 19.7 Å². The van der Waals surface area contributed by atoms with Crippen molar-refractivity contribution >= 4 is 40.2 Å². The SMILES string of the molecule is COc1ccc(Nc2noc3cccnc23)cc1Cl.O=C(O)C(F)(F)F. The fourth-order valence-corrected chi connectivity index (χ4v) is 2.00. The lowest BCUT2D eigenvalue weighted by atomic mass is 10.3. The van der Waals surface area contributed by atoms with Crippen LogP contribution in [-0.2, 0) is 4.79 Å². The summed E-state index contributed by atoms with van der Waals surface area (Å²) in [5, 5.41) is 14.7. The first-order chi connectivity index (χ1) is 12.2. The summed E-state index contributed by atoms with van der Waals surface area (Å²) in [4.78, 5) is 13.1. The summed E-state index contributed by atoms with van der Waals surface area (Å²) in [6, 6.07) is 8.97. The minimum Gasteiger partial charge on any atom is -0.495 e. The van der Waals surface area contributed by atoms with Crippen LogP contribution in [0.3, 0.4) is 0 Å². The smallest absolute Gasteiger partial charge is 0.490 e. The van der Waals surface area contributed by atoms with Crippen LogP contribution in [0.4, 0.5) is 24.7 Å². The summed E-state index contributed by atoms with van der Waals surface area (Å²) >= 11 is 6.06. The lowest BCUT2D eigenvalue weighted by molar-refractivity contribution is -0.192. The molecular formula is C15H11ClF3N3O4. The highest BCUT2D eigenvalue weighted by molar-refractivity contribution is 6.32. The topological polar surface area (TPSA) is 97.5 Å². The lowest BCUT2D eigenvalue weighted by Crippen LogP contribution is -2.21. The fourth-order valence-electron chi connectivity index (χ4n) is 1.74. The lowest BCUT2D eigenvalue weighted by Gasteiger charge is -2.06. The molecule has 0 radical (unpaired) electrons. The zero-order valence-corrected chi connectivity index (χ0v) is 13.8. The first-order valence-electron chi connectivity index (χ1n) is 6.83.